The lowest BCUT2D eigenvalue weighted by Gasteiger charge is -2.00. The molecule has 0 radical (unpaired) electrons. The van der Waals surface area contributed by atoms with Crippen molar-refractivity contribution in [2.75, 3.05) is 7.11 Å². The maximum Gasteiger partial charge on any atom is 0.339 e. The number of methoxy groups -OCH3 is 1. The first-order valence-corrected chi connectivity index (χ1v) is 7.36. The molecule has 1 N–H and O–H groups in total. The van der Waals surface area contributed by atoms with Gasteiger partial charge in [0.1, 0.15) is 5.69 Å². The second-order valence-electron chi connectivity index (χ2n) is 4.54. The second kappa shape index (κ2) is 6.09. The molecule has 0 aliphatic heterocycles. The number of nitrogens with zero attached hydrogens (tertiary/aromatic N) is 2. The summed E-state index contributed by atoms with van der Waals surface area (Å²) < 4.78 is 6.54. The number of aromatic amines is 1. The van der Waals surface area contributed by atoms with Gasteiger partial charge in [-0.15, -0.1) is 11.3 Å². The molecular weight excluding hydrogens is 290 g/mol. The summed E-state index contributed by atoms with van der Waals surface area (Å²) in [5.41, 5.74) is 2.02. The first-order valence-electron chi connectivity index (χ1n) is 6.48. The van der Waals surface area contributed by atoms with Gasteiger partial charge in [0.05, 0.1) is 12.7 Å². The predicted octanol–water partition coefficient (Wildman–Crippen LogP) is 1.81. The van der Waals surface area contributed by atoms with Gasteiger partial charge in [0.2, 0.25) is 0 Å². The zero-order valence-electron chi connectivity index (χ0n) is 12.4. The van der Waals surface area contributed by atoms with E-state index in [9.17, 15) is 9.59 Å². The van der Waals surface area contributed by atoms with Crippen LogP contribution in [0.1, 0.15) is 39.0 Å². The summed E-state index contributed by atoms with van der Waals surface area (Å²) in [4.78, 5) is 31.8. The molecule has 0 atom stereocenters. The third-order valence-electron chi connectivity index (χ3n) is 3.24. The molecule has 0 fully saturated rings. The third-order valence-corrected chi connectivity index (χ3v) is 4.09. The normalized spacial score (nSPS) is 11.7. The van der Waals surface area contributed by atoms with E-state index in [2.05, 4.69) is 9.98 Å². The fourth-order valence-corrected chi connectivity index (χ4v) is 2.82. The number of carbonyl (C=O) groups is 2. The Morgan fingerprint density at radius 2 is 2.19 bits per heavy atom. The van der Waals surface area contributed by atoms with Gasteiger partial charge >= 0.3 is 5.97 Å². The molecule has 0 aromatic carbocycles. The quantitative estimate of drug-likeness (QED) is 0.879. The standard InChI is InChI=1S/C14H17N3O3S/c1-5-9-10(13(19)20-4)8(2)11(15-9)12(18)16-14-17(3)6-7-21-14/h6-7,15H,5H2,1-4H3. The van der Waals surface area contributed by atoms with Crippen LogP contribution in [-0.4, -0.2) is 28.5 Å². The van der Waals surface area contributed by atoms with Crippen LogP contribution in [0.25, 0.3) is 0 Å². The van der Waals surface area contributed by atoms with E-state index in [0.717, 1.165) is 0 Å². The van der Waals surface area contributed by atoms with Crippen LogP contribution in [-0.2, 0) is 18.2 Å². The van der Waals surface area contributed by atoms with Crippen molar-refractivity contribution in [2.24, 2.45) is 12.0 Å². The summed E-state index contributed by atoms with van der Waals surface area (Å²) in [7, 11) is 3.15. The largest absolute Gasteiger partial charge is 0.465 e. The number of rotatable bonds is 3. The van der Waals surface area contributed by atoms with Gasteiger partial charge in [-0.2, -0.15) is 4.99 Å². The maximum atomic E-state index is 12.3. The summed E-state index contributed by atoms with van der Waals surface area (Å²) in [6, 6.07) is 0. The van der Waals surface area contributed by atoms with Gasteiger partial charge in [0.15, 0.2) is 4.80 Å². The monoisotopic (exact) mass is 307 g/mol. The van der Waals surface area contributed by atoms with Crippen molar-refractivity contribution in [3.63, 3.8) is 0 Å². The number of carbonyl (C=O) groups excluding carboxylic acids is 2. The minimum atomic E-state index is -0.443. The number of ether oxygens (including phenoxy) is 1. The molecule has 21 heavy (non-hydrogen) atoms. The van der Waals surface area contributed by atoms with E-state index in [0.29, 0.717) is 33.7 Å². The molecule has 0 aliphatic carbocycles. The molecule has 2 heterocycles. The molecule has 7 heteroatoms. The molecule has 112 valence electrons. The average molecular weight is 307 g/mol. The van der Waals surface area contributed by atoms with Crippen LogP contribution in [0.4, 0.5) is 0 Å². The Bertz CT molecular complexity index is 752. The number of hydrogen-bond acceptors (Lipinski definition) is 4. The molecule has 0 saturated heterocycles. The number of aromatic nitrogens is 2. The van der Waals surface area contributed by atoms with Crippen molar-refractivity contribution in [1.82, 2.24) is 9.55 Å². The smallest absolute Gasteiger partial charge is 0.339 e. The van der Waals surface area contributed by atoms with Crippen LogP contribution in [0.15, 0.2) is 16.6 Å². The lowest BCUT2D eigenvalue weighted by Crippen LogP contribution is -2.13. The Morgan fingerprint density at radius 3 is 2.71 bits per heavy atom. The van der Waals surface area contributed by atoms with Gasteiger partial charge < -0.3 is 14.3 Å². The molecule has 0 saturated carbocycles. The Kier molecular flexibility index (Phi) is 4.42. The van der Waals surface area contributed by atoms with E-state index in [1.807, 2.05) is 25.5 Å². The average Bonchev–Trinajstić information content (AvgIpc) is 3.02. The second-order valence-corrected chi connectivity index (χ2v) is 5.41. The van der Waals surface area contributed by atoms with E-state index < -0.39 is 11.9 Å². The van der Waals surface area contributed by atoms with Crippen molar-refractivity contribution >= 4 is 23.2 Å². The van der Waals surface area contributed by atoms with E-state index in [1.54, 1.807) is 11.5 Å². The van der Waals surface area contributed by atoms with Crippen LogP contribution < -0.4 is 4.80 Å². The highest BCUT2D eigenvalue weighted by atomic mass is 32.1. The molecule has 0 spiro atoms. The highest BCUT2D eigenvalue weighted by Crippen LogP contribution is 2.20. The molecule has 2 rings (SSSR count). The van der Waals surface area contributed by atoms with Crippen molar-refractivity contribution < 1.29 is 14.3 Å². The Balaban J connectivity index is 2.51. The molecule has 2 aromatic heterocycles. The van der Waals surface area contributed by atoms with Gasteiger partial charge in [-0.05, 0) is 18.9 Å². The van der Waals surface area contributed by atoms with Gasteiger partial charge in [0.25, 0.3) is 5.91 Å². The van der Waals surface area contributed by atoms with Gasteiger partial charge in [-0.1, -0.05) is 6.92 Å². The number of amides is 1. The summed E-state index contributed by atoms with van der Waals surface area (Å²) in [6.07, 6.45) is 2.43. The maximum absolute atomic E-state index is 12.3. The molecular formula is C14H17N3O3S. The predicted molar refractivity (Wildman–Crippen MR) is 79.4 cm³/mol. The number of aryl methyl sites for hydroxylation is 2. The van der Waals surface area contributed by atoms with Crippen LogP contribution in [0, 0.1) is 6.92 Å². The number of nitrogens with one attached hydrogen (secondary N) is 1. The number of thiazole rings is 1. The summed E-state index contributed by atoms with van der Waals surface area (Å²) >= 11 is 1.38. The van der Waals surface area contributed by atoms with E-state index >= 15 is 0 Å². The van der Waals surface area contributed by atoms with Crippen molar-refractivity contribution in [2.45, 2.75) is 20.3 Å². The zero-order valence-corrected chi connectivity index (χ0v) is 13.2. The molecule has 6 nitrogen and oxygen atoms in total. The van der Waals surface area contributed by atoms with Crippen molar-refractivity contribution in [3.8, 4) is 0 Å². The molecule has 1 amide bonds. The van der Waals surface area contributed by atoms with E-state index in [-0.39, 0.29) is 0 Å². The van der Waals surface area contributed by atoms with Crippen LogP contribution >= 0.6 is 11.3 Å². The van der Waals surface area contributed by atoms with Crippen LogP contribution in [0.2, 0.25) is 0 Å². The number of hydrogen-bond donors (Lipinski definition) is 1. The van der Waals surface area contributed by atoms with Crippen molar-refractivity contribution in [1.29, 1.82) is 0 Å². The molecule has 0 aliphatic rings. The topological polar surface area (TPSA) is 76.5 Å². The van der Waals surface area contributed by atoms with Crippen LogP contribution in [0.3, 0.4) is 0 Å². The number of esters is 1. The number of H-pyrrole nitrogens is 1. The lowest BCUT2D eigenvalue weighted by molar-refractivity contribution is 0.0599. The highest BCUT2D eigenvalue weighted by Gasteiger charge is 2.23. The fraction of sp³-hybridized carbons (Fsp3) is 0.357. The van der Waals surface area contributed by atoms with Gasteiger partial charge in [-0.3, -0.25) is 4.79 Å². The fourth-order valence-electron chi connectivity index (χ4n) is 2.09. The van der Waals surface area contributed by atoms with E-state index in [1.165, 1.54) is 18.4 Å². The SMILES string of the molecule is CCc1[nH]c(C(=O)N=c2sccn2C)c(C)c1C(=O)OC. The first kappa shape index (κ1) is 15.2. The van der Waals surface area contributed by atoms with Gasteiger partial charge in [0, 0.05) is 24.3 Å². The minimum Gasteiger partial charge on any atom is -0.465 e. The minimum absolute atomic E-state index is 0.334. The van der Waals surface area contributed by atoms with Crippen molar-refractivity contribution in [3.05, 3.63) is 38.9 Å². The lowest BCUT2D eigenvalue weighted by atomic mass is 10.1. The zero-order chi connectivity index (χ0) is 15.6. The summed E-state index contributed by atoms with van der Waals surface area (Å²) in [6.45, 7) is 3.63. The van der Waals surface area contributed by atoms with Gasteiger partial charge in [-0.25, -0.2) is 4.79 Å². The molecule has 0 bridgehead atoms. The Hall–Kier alpha value is -2.15. The summed E-state index contributed by atoms with van der Waals surface area (Å²) in [5, 5.41) is 1.85. The van der Waals surface area contributed by atoms with E-state index in [4.69, 9.17) is 4.74 Å². The van der Waals surface area contributed by atoms with Crippen LogP contribution in [0.5, 0.6) is 0 Å². The first-order chi connectivity index (χ1) is 9.99. The Labute approximate surface area is 126 Å². The third kappa shape index (κ3) is 2.82. The molecule has 0 unspecified atom stereocenters. The Morgan fingerprint density at radius 1 is 1.48 bits per heavy atom. The molecule has 2 aromatic rings. The highest BCUT2D eigenvalue weighted by molar-refractivity contribution is 7.07. The summed E-state index contributed by atoms with van der Waals surface area (Å²) in [5.74, 6) is -0.836.